The molecule has 0 radical (unpaired) electrons. The molecule has 1 aliphatic rings. The van der Waals surface area contributed by atoms with E-state index < -0.39 is 10.0 Å². The topological polar surface area (TPSA) is 129 Å². The number of rotatable bonds is 4. The molecule has 0 spiro atoms. The third-order valence-electron chi connectivity index (χ3n) is 5.12. The number of aromatic nitrogens is 5. The van der Waals surface area contributed by atoms with E-state index in [-0.39, 0.29) is 10.9 Å². The van der Waals surface area contributed by atoms with Gasteiger partial charge in [-0.15, -0.1) is 5.10 Å². The summed E-state index contributed by atoms with van der Waals surface area (Å²) in [5.41, 5.74) is 1.82. The number of piperazine rings is 1. The van der Waals surface area contributed by atoms with Crippen LogP contribution in [0.1, 0.15) is 0 Å². The Bertz CT molecular complexity index is 1200. The second kappa shape index (κ2) is 8.07. The van der Waals surface area contributed by atoms with E-state index in [1.165, 1.54) is 32.6 Å². The lowest BCUT2D eigenvalue weighted by Crippen LogP contribution is -2.50. The van der Waals surface area contributed by atoms with Crippen molar-refractivity contribution in [2.24, 2.45) is 7.05 Å². The molecule has 164 valence electrons. The van der Waals surface area contributed by atoms with Crippen molar-refractivity contribution in [3.63, 3.8) is 0 Å². The van der Waals surface area contributed by atoms with E-state index in [0.29, 0.717) is 48.8 Å². The molecule has 3 aromatic rings. The highest BCUT2D eigenvalue weighted by Crippen LogP contribution is 2.22. The summed E-state index contributed by atoms with van der Waals surface area (Å²) < 4.78 is 27.0. The molecule has 1 aliphatic heterocycles. The highest BCUT2D eigenvalue weighted by molar-refractivity contribution is 7.89. The second-order valence-corrected chi connectivity index (χ2v) is 9.45. The largest absolute Gasteiger partial charge is 0.351 e. The molecule has 1 fully saturated rings. The van der Waals surface area contributed by atoms with Crippen molar-refractivity contribution in [2.45, 2.75) is 4.90 Å². The molecule has 13 heteroatoms. The number of hydrogen-bond acceptors (Lipinski definition) is 8. The van der Waals surface area contributed by atoms with Gasteiger partial charge < -0.3 is 15.1 Å². The summed E-state index contributed by atoms with van der Waals surface area (Å²) in [7, 11) is 1.22. The van der Waals surface area contributed by atoms with Gasteiger partial charge in [0.1, 0.15) is 6.33 Å². The van der Waals surface area contributed by atoms with Crippen molar-refractivity contribution in [3.05, 3.63) is 30.6 Å². The minimum atomic E-state index is -3.51. The predicted molar refractivity (Wildman–Crippen MR) is 114 cm³/mol. The number of hydrogen-bond donors (Lipinski definition) is 1. The van der Waals surface area contributed by atoms with Crippen LogP contribution in [0.2, 0.25) is 0 Å². The normalized spacial score (nSPS) is 15.0. The first-order valence-corrected chi connectivity index (χ1v) is 11.1. The number of urea groups is 1. The minimum absolute atomic E-state index is 0.171. The standard InChI is InChI=1S/C18H23N9O3S/c1-24(2)31(29,30)14-6-4-13(5-7-14)21-18(28)27-10-8-26(9-11-27)17-15-16(19-12-20-17)25(3)23-22-15/h4-7,12H,8-11H2,1-3H3,(H,21,28). The van der Waals surface area contributed by atoms with Crippen molar-refractivity contribution in [2.75, 3.05) is 50.5 Å². The first kappa shape index (κ1) is 20.9. The number of nitrogens with zero attached hydrogens (tertiary/aromatic N) is 8. The van der Waals surface area contributed by atoms with Crippen molar-refractivity contribution >= 4 is 38.7 Å². The molecule has 0 atom stereocenters. The molecule has 0 bridgehead atoms. The molecule has 4 rings (SSSR count). The summed E-state index contributed by atoms with van der Waals surface area (Å²) in [5, 5.41) is 11.0. The molecule has 0 saturated carbocycles. The van der Waals surface area contributed by atoms with Gasteiger partial charge in [0.2, 0.25) is 10.0 Å². The monoisotopic (exact) mass is 445 g/mol. The molecule has 2 aromatic heterocycles. The van der Waals surface area contributed by atoms with Crippen LogP contribution in [0.25, 0.3) is 11.2 Å². The Balaban J connectivity index is 1.38. The van der Waals surface area contributed by atoms with Gasteiger partial charge in [0, 0.05) is 53.0 Å². The summed E-state index contributed by atoms with van der Waals surface area (Å²) in [6.45, 7) is 2.20. The quantitative estimate of drug-likeness (QED) is 0.609. The Morgan fingerprint density at radius 2 is 1.74 bits per heavy atom. The van der Waals surface area contributed by atoms with Crippen LogP contribution in [0.5, 0.6) is 0 Å². The fourth-order valence-corrected chi connectivity index (χ4v) is 4.22. The molecule has 0 unspecified atom stereocenters. The number of fused-ring (bicyclic) bond motifs is 1. The van der Waals surface area contributed by atoms with Gasteiger partial charge in [0.25, 0.3) is 0 Å². The van der Waals surface area contributed by atoms with Crippen LogP contribution < -0.4 is 10.2 Å². The van der Waals surface area contributed by atoms with Crippen LogP contribution in [0.15, 0.2) is 35.5 Å². The van der Waals surface area contributed by atoms with Crippen LogP contribution in [0, 0.1) is 0 Å². The highest BCUT2D eigenvalue weighted by atomic mass is 32.2. The van der Waals surface area contributed by atoms with Gasteiger partial charge in [-0.3, -0.25) is 0 Å². The number of sulfonamides is 1. The molecule has 2 amide bonds. The fourth-order valence-electron chi connectivity index (χ4n) is 3.32. The molecule has 31 heavy (non-hydrogen) atoms. The maximum atomic E-state index is 12.6. The molecule has 0 aliphatic carbocycles. The first-order chi connectivity index (χ1) is 14.8. The van der Waals surface area contributed by atoms with Crippen LogP contribution in [0.3, 0.4) is 0 Å². The lowest BCUT2D eigenvalue weighted by atomic mass is 10.3. The van der Waals surface area contributed by atoms with Crippen molar-refractivity contribution < 1.29 is 13.2 Å². The van der Waals surface area contributed by atoms with Crippen LogP contribution >= 0.6 is 0 Å². The molecule has 3 heterocycles. The van der Waals surface area contributed by atoms with E-state index in [2.05, 4.69) is 30.5 Å². The summed E-state index contributed by atoms with van der Waals surface area (Å²) in [6.07, 6.45) is 1.49. The van der Waals surface area contributed by atoms with Crippen LogP contribution in [-0.4, -0.2) is 88.9 Å². The number of nitrogens with one attached hydrogen (secondary N) is 1. The Kier molecular flexibility index (Phi) is 5.45. The average Bonchev–Trinajstić information content (AvgIpc) is 3.15. The Morgan fingerprint density at radius 1 is 1.06 bits per heavy atom. The zero-order chi connectivity index (χ0) is 22.2. The molecule has 1 saturated heterocycles. The molecular formula is C18H23N9O3S. The summed E-state index contributed by atoms with van der Waals surface area (Å²) in [6, 6.07) is 5.87. The van der Waals surface area contributed by atoms with E-state index in [1.807, 2.05) is 0 Å². The van der Waals surface area contributed by atoms with E-state index in [9.17, 15) is 13.2 Å². The number of carbonyl (C=O) groups is 1. The van der Waals surface area contributed by atoms with Gasteiger partial charge in [-0.25, -0.2) is 32.2 Å². The third kappa shape index (κ3) is 4.01. The maximum Gasteiger partial charge on any atom is 0.321 e. The molecule has 1 aromatic carbocycles. The summed E-state index contributed by atoms with van der Waals surface area (Å²) in [5.74, 6) is 0.704. The SMILES string of the molecule is CN(C)S(=O)(=O)c1ccc(NC(=O)N2CCN(c3ncnc4c3nnn4C)CC2)cc1. The lowest BCUT2D eigenvalue weighted by Gasteiger charge is -2.35. The Labute approximate surface area is 179 Å². The summed E-state index contributed by atoms with van der Waals surface area (Å²) >= 11 is 0. The zero-order valence-electron chi connectivity index (χ0n) is 17.4. The minimum Gasteiger partial charge on any atom is -0.351 e. The number of benzene rings is 1. The summed E-state index contributed by atoms with van der Waals surface area (Å²) in [4.78, 5) is 25.1. The van der Waals surface area contributed by atoms with E-state index in [1.54, 1.807) is 28.8 Å². The van der Waals surface area contributed by atoms with Gasteiger partial charge in [0.15, 0.2) is 17.0 Å². The zero-order valence-corrected chi connectivity index (χ0v) is 18.2. The van der Waals surface area contributed by atoms with Gasteiger partial charge in [-0.2, -0.15) is 0 Å². The van der Waals surface area contributed by atoms with Crippen molar-refractivity contribution in [3.8, 4) is 0 Å². The molecule has 1 N–H and O–H groups in total. The van der Waals surface area contributed by atoms with Crippen LogP contribution in [0.4, 0.5) is 16.3 Å². The maximum absolute atomic E-state index is 12.6. The van der Waals surface area contributed by atoms with Crippen molar-refractivity contribution in [1.29, 1.82) is 0 Å². The van der Waals surface area contributed by atoms with E-state index in [4.69, 9.17) is 0 Å². The lowest BCUT2D eigenvalue weighted by molar-refractivity contribution is 0.208. The first-order valence-electron chi connectivity index (χ1n) is 9.61. The van der Waals surface area contributed by atoms with E-state index >= 15 is 0 Å². The smallest absolute Gasteiger partial charge is 0.321 e. The van der Waals surface area contributed by atoms with Gasteiger partial charge in [-0.1, -0.05) is 5.21 Å². The highest BCUT2D eigenvalue weighted by Gasteiger charge is 2.25. The van der Waals surface area contributed by atoms with Gasteiger partial charge in [-0.05, 0) is 24.3 Å². The second-order valence-electron chi connectivity index (χ2n) is 7.30. The van der Waals surface area contributed by atoms with Gasteiger partial charge >= 0.3 is 6.03 Å². The third-order valence-corrected chi connectivity index (χ3v) is 6.95. The Hall–Kier alpha value is -3.32. The fraction of sp³-hybridized carbons (Fsp3) is 0.389. The Morgan fingerprint density at radius 3 is 2.39 bits per heavy atom. The number of aryl methyl sites for hydroxylation is 1. The number of anilines is 2. The molecule has 12 nitrogen and oxygen atoms in total. The predicted octanol–water partition coefficient (Wildman–Crippen LogP) is 0.363. The van der Waals surface area contributed by atoms with Crippen molar-refractivity contribution in [1.82, 2.24) is 34.2 Å². The van der Waals surface area contributed by atoms with Crippen LogP contribution in [-0.2, 0) is 17.1 Å². The van der Waals surface area contributed by atoms with E-state index in [0.717, 1.165) is 4.31 Å². The number of carbonyl (C=O) groups excluding carboxylic acids is 1. The molecular weight excluding hydrogens is 422 g/mol. The number of amides is 2. The average molecular weight is 446 g/mol. The van der Waals surface area contributed by atoms with Gasteiger partial charge in [0.05, 0.1) is 4.90 Å².